The van der Waals surface area contributed by atoms with Crippen molar-refractivity contribution in [3.8, 4) is 0 Å². The Labute approximate surface area is 78.8 Å². The first-order valence-corrected chi connectivity index (χ1v) is 4.80. The predicted molar refractivity (Wildman–Crippen MR) is 51.2 cm³/mol. The normalized spacial score (nSPS) is 20.7. The summed E-state index contributed by atoms with van der Waals surface area (Å²) in [4.78, 5) is 11.5. The average Bonchev–Trinajstić information content (AvgIpc) is 2.15. The molecular formula is C10H17NO2. The quantitative estimate of drug-likeness (QED) is 0.641. The topological polar surface area (TPSA) is 49.3 Å². The van der Waals surface area contributed by atoms with Crippen molar-refractivity contribution in [3.05, 3.63) is 12.7 Å². The third-order valence-electron chi connectivity index (χ3n) is 2.51. The molecule has 1 amide bonds. The molecule has 0 atom stereocenters. The number of carbonyl (C=O) groups excluding carboxylic acids is 1. The number of hydrogen-bond donors (Lipinski definition) is 2. The third kappa shape index (κ3) is 2.56. The van der Waals surface area contributed by atoms with Crippen LogP contribution in [0.1, 0.15) is 32.1 Å². The van der Waals surface area contributed by atoms with Gasteiger partial charge in [-0.3, -0.25) is 4.79 Å². The van der Waals surface area contributed by atoms with E-state index in [-0.39, 0.29) is 5.91 Å². The van der Waals surface area contributed by atoms with Gasteiger partial charge in [0.15, 0.2) is 0 Å². The van der Waals surface area contributed by atoms with E-state index in [9.17, 15) is 9.90 Å². The standard InChI is InChI=1S/C10H17NO2/c1-2-8-11-9(12)10(13)6-4-3-5-7-10/h2,13H,1,3-8H2,(H,11,12). The number of carbonyl (C=O) groups is 1. The Hall–Kier alpha value is -0.830. The van der Waals surface area contributed by atoms with Crippen LogP contribution in [0.2, 0.25) is 0 Å². The van der Waals surface area contributed by atoms with Gasteiger partial charge in [-0.15, -0.1) is 6.58 Å². The molecule has 1 fully saturated rings. The molecule has 0 aromatic carbocycles. The van der Waals surface area contributed by atoms with Gasteiger partial charge >= 0.3 is 0 Å². The smallest absolute Gasteiger partial charge is 0.252 e. The van der Waals surface area contributed by atoms with Gasteiger partial charge in [-0.25, -0.2) is 0 Å². The summed E-state index contributed by atoms with van der Waals surface area (Å²) in [6, 6.07) is 0. The number of amides is 1. The summed E-state index contributed by atoms with van der Waals surface area (Å²) < 4.78 is 0. The Bertz CT molecular complexity index is 195. The number of hydrogen-bond acceptors (Lipinski definition) is 2. The second-order valence-electron chi connectivity index (χ2n) is 3.59. The molecule has 3 heteroatoms. The van der Waals surface area contributed by atoms with Crippen molar-refractivity contribution in [2.75, 3.05) is 6.54 Å². The molecular weight excluding hydrogens is 166 g/mol. The fourth-order valence-electron chi connectivity index (χ4n) is 1.69. The maximum Gasteiger partial charge on any atom is 0.252 e. The van der Waals surface area contributed by atoms with E-state index in [1.807, 2.05) is 0 Å². The van der Waals surface area contributed by atoms with E-state index >= 15 is 0 Å². The van der Waals surface area contributed by atoms with Crippen molar-refractivity contribution in [2.24, 2.45) is 0 Å². The SMILES string of the molecule is C=CCNC(=O)C1(O)CCCCC1. The van der Waals surface area contributed by atoms with Gasteiger partial charge in [0.2, 0.25) is 0 Å². The maximum atomic E-state index is 11.5. The van der Waals surface area contributed by atoms with Gasteiger partial charge in [-0.05, 0) is 12.8 Å². The molecule has 0 aliphatic heterocycles. The van der Waals surface area contributed by atoms with Gasteiger partial charge in [0, 0.05) is 6.54 Å². The third-order valence-corrected chi connectivity index (χ3v) is 2.51. The van der Waals surface area contributed by atoms with Crippen LogP contribution in [0.3, 0.4) is 0 Å². The monoisotopic (exact) mass is 183 g/mol. The summed E-state index contributed by atoms with van der Waals surface area (Å²) in [6.45, 7) is 3.94. The van der Waals surface area contributed by atoms with Gasteiger partial charge in [0.05, 0.1) is 0 Å². The Morgan fingerprint density at radius 2 is 2.08 bits per heavy atom. The molecule has 3 nitrogen and oxygen atoms in total. The summed E-state index contributed by atoms with van der Waals surface area (Å²) >= 11 is 0. The van der Waals surface area contributed by atoms with Crippen LogP contribution in [0.5, 0.6) is 0 Å². The van der Waals surface area contributed by atoms with Gasteiger partial charge < -0.3 is 10.4 Å². The van der Waals surface area contributed by atoms with Gasteiger partial charge in [0.25, 0.3) is 5.91 Å². The van der Waals surface area contributed by atoms with Crippen LogP contribution >= 0.6 is 0 Å². The van der Waals surface area contributed by atoms with Crippen molar-refractivity contribution >= 4 is 5.91 Å². The fraction of sp³-hybridized carbons (Fsp3) is 0.700. The summed E-state index contributed by atoms with van der Waals surface area (Å²) in [5, 5.41) is 12.6. The molecule has 74 valence electrons. The van der Waals surface area contributed by atoms with Crippen LogP contribution in [0.25, 0.3) is 0 Å². The number of nitrogens with one attached hydrogen (secondary N) is 1. The van der Waals surface area contributed by atoms with Gasteiger partial charge in [-0.1, -0.05) is 25.3 Å². The zero-order valence-electron chi connectivity index (χ0n) is 7.88. The molecule has 0 aromatic rings. The van der Waals surface area contributed by atoms with Crippen molar-refractivity contribution in [1.82, 2.24) is 5.32 Å². The van der Waals surface area contributed by atoms with Crippen molar-refractivity contribution in [1.29, 1.82) is 0 Å². The highest BCUT2D eigenvalue weighted by atomic mass is 16.3. The minimum atomic E-state index is -1.11. The van der Waals surface area contributed by atoms with E-state index < -0.39 is 5.60 Å². The number of aliphatic hydroxyl groups is 1. The zero-order chi connectivity index (χ0) is 9.73. The molecule has 1 rings (SSSR count). The molecule has 0 spiro atoms. The van der Waals surface area contributed by atoms with Crippen LogP contribution in [0.4, 0.5) is 0 Å². The Morgan fingerprint density at radius 3 is 2.62 bits per heavy atom. The van der Waals surface area contributed by atoms with Crippen LogP contribution in [0, 0.1) is 0 Å². The second-order valence-corrected chi connectivity index (χ2v) is 3.59. The highest BCUT2D eigenvalue weighted by molar-refractivity contribution is 5.85. The molecule has 1 saturated carbocycles. The van der Waals surface area contributed by atoms with E-state index in [4.69, 9.17) is 0 Å². The van der Waals surface area contributed by atoms with Crippen molar-refractivity contribution < 1.29 is 9.90 Å². The summed E-state index contributed by atoms with van der Waals surface area (Å²) in [5.74, 6) is -0.243. The fourth-order valence-corrected chi connectivity index (χ4v) is 1.69. The first-order chi connectivity index (χ1) is 6.19. The minimum Gasteiger partial charge on any atom is -0.380 e. The van der Waals surface area contributed by atoms with Gasteiger partial charge in [0.1, 0.15) is 5.60 Å². The average molecular weight is 183 g/mol. The lowest BCUT2D eigenvalue weighted by molar-refractivity contribution is -0.142. The van der Waals surface area contributed by atoms with Crippen molar-refractivity contribution in [3.63, 3.8) is 0 Å². The molecule has 2 N–H and O–H groups in total. The Kier molecular flexibility index (Phi) is 3.48. The first kappa shape index (κ1) is 10.3. The van der Waals surface area contributed by atoms with E-state index in [1.54, 1.807) is 6.08 Å². The van der Waals surface area contributed by atoms with Crippen LogP contribution in [-0.2, 0) is 4.79 Å². The molecule has 1 aliphatic rings. The highest BCUT2D eigenvalue weighted by Gasteiger charge is 2.36. The van der Waals surface area contributed by atoms with E-state index in [0.717, 1.165) is 19.3 Å². The molecule has 0 heterocycles. The van der Waals surface area contributed by atoms with Crippen LogP contribution in [-0.4, -0.2) is 23.2 Å². The molecule has 0 bridgehead atoms. The molecule has 0 aromatic heterocycles. The molecule has 1 aliphatic carbocycles. The second kappa shape index (κ2) is 4.42. The van der Waals surface area contributed by atoms with Crippen LogP contribution < -0.4 is 5.32 Å². The van der Waals surface area contributed by atoms with E-state index in [1.165, 1.54) is 0 Å². The van der Waals surface area contributed by atoms with E-state index in [2.05, 4.69) is 11.9 Å². The first-order valence-electron chi connectivity index (χ1n) is 4.80. The van der Waals surface area contributed by atoms with E-state index in [0.29, 0.717) is 19.4 Å². The maximum absolute atomic E-state index is 11.5. The largest absolute Gasteiger partial charge is 0.380 e. The lowest BCUT2D eigenvalue weighted by atomic mass is 9.84. The molecule has 0 unspecified atom stereocenters. The zero-order valence-corrected chi connectivity index (χ0v) is 7.88. The predicted octanol–water partition coefficient (Wildman–Crippen LogP) is 0.984. The number of rotatable bonds is 3. The Morgan fingerprint density at radius 1 is 1.46 bits per heavy atom. The summed E-state index contributed by atoms with van der Waals surface area (Å²) in [6.07, 6.45) is 5.81. The van der Waals surface area contributed by atoms with Gasteiger partial charge in [-0.2, -0.15) is 0 Å². The molecule has 0 radical (unpaired) electrons. The summed E-state index contributed by atoms with van der Waals surface area (Å²) in [7, 11) is 0. The molecule has 0 saturated heterocycles. The van der Waals surface area contributed by atoms with Crippen LogP contribution in [0.15, 0.2) is 12.7 Å². The van der Waals surface area contributed by atoms with Crippen molar-refractivity contribution in [2.45, 2.75) is 37.7 Å². The molecule has 13 heavy (non-hydrogen) atoms. The summed E-state index contributed by atoms with van der Waals surface area (Å²) in [5.41, 5.74) is -1.11. The highest BCUT2D eigenvalue weighted by Crippen LogP contribution is 2.27. The Balaban J connectivity index is 2.46. The lowest BCUT2D eigenvalue weighted by Gasteiger charge is -2.30. The minimum absolute atomic E-state index is 0.243. The lowest BCUT2D eigenvalue weighted by Crippen LogP contribution is -2.48.